The van der Waals surface area contributed by atoms with E-state index in [0.717, 1.165) is 0 Å². The molecule has 9 heteroatoms. The molecule has 6 aromatic carbocycles. The fraction of sp³-hybridized carbons (Fsp3) is 0. The lowest BCUT2D eigenvalue weighted by Crippen LogP contribution is -2.02. The average Bonchev–Trinajstić information content (AvgIpc) is 2.96. The third-order valence-corrected chi connectivity index (χ3v) is 7.26. The van der Waals surface area contributed by atoms with Crippen LogP contribution in [0.15, 0.2) is 91.0 Å². The zero-order chi connectivity index (χ0) is 29.1. The first-order chi connectivity index (χ1) is 20.3. The van der Waals surface area contributed by atoms with Gasteiger partial charge in [0.1, 0.15) is 34.5 Å². The van der Waals surface area contributed by atoms with Crippen LogP contribution in [0.25, 0.3) is 66.5 Å². The molecule has 0 aliphatic heterocycles. The summed E-state index contributed by atoms with van der Waals surface area (Å²) in [7, 11) is 0. The quantitative estimate of drug-likeness (QED) is 0.142. The Kier molecular flexibility index (Phi) is 5.48. The summed E-state index contributed by atoms with van der Waals surface area (Å²) in [6.07, 6.45) is 0. The Hall–Kier alpha value is -6.09. The zero-order valence-corrected chi connectivity index (χ0v) is 21.7. The van der Waals surface area contributed by atoms with E-state index in [0.29, 0.717) is 32.3 Å². The van der Waals surface area contributed by atoms with Crippen molar-refractivity contribution in [2.45, 2.75) is 0 Å². The molecule has 0 aliphatic rings. The van der Waals surface area contributed by atoms with E-state index in [9.17, 15) is 30.6 Å². The van der Waals surface area contributed by atoms with Crippen LogP contribution in [0.5, 0.6) is 34.5 Å². The third-order valence-electron chi connectivity index (χ3n) is 7.26. The minimum atomic E-state index is -0.171. The summed E-state index contributed by atoms with van der Waals surface area (Å²) < 4.78 is 0. The van der Waals surface area contributed by atoms with Crippen LogP contribution in [0.4, 0.5) is 0 Å². The lowest BCUT2D eigenvalue weighted by Gasteiger charge is -2.15. The molecule has 0 atom stereocenters. The van der Waals surface area contributed by atoms with E-state index in [2.05, 4.69) is 15.0 Å². The molecule has 0 bridgehead atoms. The van der Waals surface area contributed by atoms with Crippen molar-refractivity contribution >= 4 is 32.3 Å². The fourth-order valence-corrected chi connectivity index (χ4v) is 5.30. The van der Waals surface area contributed by atoms with Crippen molar-refractivity contribution in [3.63, 3.8) is 0 Å². The van der Waals surface area contributed by atoms with E-state index >= 15 is 0 Å². The highest BCUT2D eigenvalue weighted by molar-refractivity contribution is 6.03. The Bertz CT molecular complexity index is 1950. The van der Waals surface area contributed by atoms with E-state index in [4.69, 9.17) is 0 Å². The van der Waals surface area contributed by atoms with Crippen LogP contribution in [0.3, 0.4) is 0 Å². The molecule has 7 rings (SSSR count). The number of phenols is 6. The molecule has 0 saturated heterocycles. The second-order valence-corrected chi connectivity index (χ2v) is 9.90. The standard InChI is InChI=1S/C33H21N3O6/c37-19-7-1-16-4-10-25(40)28(22(16)13-19)31-34-32(29-23-14-20(38)8-2-17(23)5-11-26(29)41)36-33(35-31)30-24-15-21(39)9-3-18(24)6-12-27(30)42/h1-15,37-42H. The number of hydrogen-bond acceptors (Lipinski definition) is 9. The lowest BCUT2D eigenvalue weighted by molar-refractivity contribution is 0.474. The predicted octanol–water partition coefficient (Wildman–Crippen LogP) is 6.57. The van der Waals surface area contributed by atoms with E-state index < -0.39 is 0 Å². The van der Waals surface area contributed by atoms with Gasteiger partial charge in [-0.1, -0.05) is 36.4 Å². The maximum atomic E-state index is 11.1. The van der Waals surface area contributed by atoms with Gasteiger partial charge in [-0.15, -0.1) is 0 Å². The zero-order valence-electron chi connectivity index (χ0n) is 21.7. The first-order valence-electron chi connectivity index (χ1n) is 12.9. The third kappa shape index (κ3) is 3.99. The second-order valence-electron chi connectivity index (χ2n) is 9.90. The minimum absolute atomic E-state index is 0.00295. The van der Waals surface area contributed by atoms with E-state index in [-0.39, 0.29) is 68.7 Å². The Morgan fingerprint density at radius 1 is 0.333 bits per heavy atom. The summed E-state index contributed by atoms with van der Waals surface area (Å²) in [6, 6.07) is 23.6. The number of phenolic OH excluding ortho intramolecular Hbond substituents is 6. The van der Waals surface area contributed by atoms with E-state index in [1.165, 1.54) is 54.6 Å². The summed E-state index contributed by atoms with van der Waals surface area (Å²) in [5.74, 6) is -0.623. The molecule has 0 unspecified atom stereocenters. The van der Waals surface area contributed by atoms with Crippen molar-refractivity contribution in [2.24, 2.45) is 0 Å². The van der Waals surface area contributed by atoms with Gasteiger partial charge in [0, 0.05) is 16.2 Å². The molecule has 0 radical (unpaired) electrons. The van der Waals surface area contributed by atoms with Gasteiger partial charge in [-0.05, 0) is 70.8 Å². The fourth-order valence-electron chi connectivity index (χ4n) is 5.30. The van der Waals surface area contributed by atoms with Crippen molar-refractivity contribution in [1.29, 1.82) is 0 Å². The van der Waals surface area contributed by atoms with E-state index in [1.54, 1.807) is 36.4 Å². The SMILES string of the molecule is Oc1ccc2ccc(O)c(-c3nc(-c4c(O)ccc5ccc(O)cc45)nc(-c4c(O)ccc5ccc(O)cc45)n3)c2c1. The molecule has 1 heterocycles. The molecule has 42 heavy (non-hydrogen) atoms. The molecule has 7 aromatic rings. The number of rotatable bonds is 3. The van der Waals surface area contributed by atoms with Crippen molar-refractivity contribution in [3.8, 4) is 68.7 Å². The Balaban J connectivity index is 1.63. The lowest BCUT2D eigenvalue weighted by atomic mass is 10.00. The van der Waals surface area contributed by atoms with Crippen LogP contribution >= 0.6 is 0 Å². The molecule has 0 saturated carbocycles. The van der Waals surface area contributed by atoms with Gasteiger partial charge in [-0.3, -0.25) is 0 Å². The van der Waals surface area contributed by atoms with Gasteiger partial charge in [0.2, 0.25) is 0 Å². The maximum absolute atomic E-state index is 11.1. The first kappa shape index (κ1) is 24.9. The molecular weight excluding hydrogens is 534 g/mol. The van der Waals surface area contributed by atoms with Crippen molar-refractivity contribution in [2.75, 3.05) is 0 Å². The van der Waals surface area contributed by atoms with Gasteiger partial charge in [0.15, 0.2) is 17.5 Å². The molecule has 1 aromatic heterocycles. The van der Waals surface area contributed by atoms with Gasteiger partial charge in [-0.25, -0.2) is 15.0 Å². The normalized spacial score (nSPS) is 11.4. The van der Waals surface area contributed by atoms with Crippen LogP contribution in [0, 0.1) is 0 Å². The summed E-state index contributed by atoms with van der Waals surface area (Å²) in [6.45, 7) is 0. The molecule has 9 nitrogen and oxygen atoms in total. The van der Waals surface area contributed by atoms with Crippen LogP contribution in [-0.2, 0) is 0 Å². The van der Waals surface area contributed by atoms with Crippen molar-refractivity contribution < 1.29 is 30.6 Å². The summed E-state index contributed by atoms with van der Waals surface area (Å²) in [5.41, 5.74) is 0.579. The Morgan fingerprint density at radius 3 is 0.881 bits per heavy atom. The maximum Gasteiger partial charge on any atom is 0.168 e. The molecule has 0 spiro atoms. The Morgan fingerprint density at radius 2 is 0.595 bits per heavy atom. The summed E-state index contributed by atoms with van der Waals surface area (Å²) >= 11 is 0. The van der Waals surface area contributed by atoms with Gasteiger partial charge in [-0.2, -0.15) is 0 Å². The van der Waals surface area contributed by atoms with Crippen LogP contribution < -0.4 is 0 Å². The molecule has 0 amide bonds. The monoisotopic (exact) mass is 555 g/mol. The molecule has 204 valence electrons. The number of aromatic nitrogens is 3. The number of hydrogen-bond donors (Lipinski definition) is 6. The summed E-state index contributed by atoms with van der Waals surface area (Å²) in [4.78, 5) is 14.0. The van der Waals surface area contributed by atoms with E-state index in [1.807, 2.05) is 0 Å². The van der Waals surface area contributed by atoms with Crippen molar-refractivity contribution in [1.82, 2.24) is 15.0 Å². The Labute approximate surface area is 237 Å². The molecular formula is C33H21N3O6. The molecule has 0 fully saturated rings. The largest absolute Gasteiger partial charge is 0.508 e. The average molecular weight is 556 g/mol. The van der Waals surface area contributed by atoms with Crippen LogP contribution in [-0.4, -0.2) is 45.6 Å². The number of aromatic hydroxyl groups is 6. The van der Waals surface area contributed by atoms with Gasteiger partial charge in [0.25, 0.3) is 0 Å². The van der Waals surface area contributed by atoms with Gasteiger partial charge in [0.05, 0.1) is 16.7 Å². The topological polar surface area (TPSA) is 160 Å². The molecule has 0 aliphatic carbocycles. The van der Waals surface area contributed by atoms with Gasteiger partial charge < -0.3 is 30.6 Å². The summed E-state index contributed by atoms with van der Waals surface area (Å²) in [5, 5.41) is 67.4. The number of benzene rings is 6. The minimum Gasteiger partial charge on any atom is -0.508 e. The number of fused-ring (bicyclic) bond motifs is 3. The molecule has 6 N–H and O–H groups in total. The highest BCUT2D eigenvalue weighted by Crippen LogP contribution is 2.43. The second kappa shape index (κ2) is 9.24. The first-order valence-corrected chi connectivity index (χ1v) is 12.9. The van der Waals surface area contributed by atoms with Gasteiger partial charge >= 0.3 is 0 Å². The van der Waals surface area contributed by atoms with Crippen LogP contribution in [0.1, 0.15) is 0 Å². The smallest absolute Gasteiger partial charge is 0.168 e. The number of nitrogens with zero attached hydrogens (tertiary/aromatic N) is 3. The van der Waals surface area contributed by atoms with Crippen LogP contribution in [0.2, 0.25) is 0 Å². The predicted molar refractivity (Wildman–Crippen MR) is 159 cm³/mol. The highest BCUT2D eigenvalue weighted by atomic mass is 16.3. The highest BCUT2D eigenvalue weighted by Gasteiger charge is 2.23. The van der Waals surface area contributed by atoms with Crippen molar-refractivity contribution in [3.05, 3.63) is 91.0 Å².